The molecule has 1 saturated heterocycles. The highest BCUT2D eigenvalue weighted by Gasteiger charge is 2.39. The first-order chi connectivity index (χ1) is 9.50. The molecule has 0 radical (unpaired) electrons. The number of nitrogens with one attached hydrogen (secondary N) is 1. The fraction of sp³-hybridized carbons (Fsp3) is 0.938. The maximum atomic E-state index is 11.8. The number of hydrogen-bond donors (Lipinski definition) is 2. The Hall–Kier alpha value is -0.650. The van der Waals surface area contributed by atoms with Gasteiger partial charge in [-0.05, 0) is 54.0 Å². The number of nitrogens with two attached hydrogens (primary N) is 1. The van der Waals surface area contributed by atoms with Crippen LogP contribution in [-0.4, -0.2) is 53.7 Å². The van der Waals surface area contributed by atoms with Crippen molar-refractivity contribution in [3.05, 3.63) is 0 Å². The molecule has 5 nitrogen and oxygen atoms in total. The zero-order valence-electron chi connectivity index (χ0n) is 14.6. The molecule has 1 amide bonds. The Bertz CT molecular complexity index is 353. The van der Waals surface area contributed by atoms with E-state index in [-0.39, 0.29) is 17.1 Å². The van der Waals surface area contributed by atoms with Gasteiger partial charge in [-0.25, -0.2) is 0 Å². The van der Waals surface area contributed by atoms with E-state index in [9.17, 15) is 4.79 Å². The minimum Gasteiger partial charge on any atom is -0.368 e. The molecule has 124 valence electrons. The third kappa shape index (κ3) is 5.57. The summed E-state index contributed by atoms with van der Waals surface area (Å²) in [5, 5.41) is 3.29. The van der Waals surface area contributed by atoms with Crippen molar-refractivity contribution in [1.82, 2.24) is 10.2 Å². The fourth-order valence-corrected chi connectivity index (χ4v) is 3.18. The highest BCUT2D eigenvalue weighted by atomic mass is 16.5. The minimum atomic E-state index is -0.636. The van der Waals surface area contributed by atoms with E-state index in [2.05, 4.69) is 44.8 Å². The molecule has 0 aromatic carbocycles. The van der Waals surface area contributed by atoms with E-state index in [4.69, 9.17) is 10.5 Å². The van der Waals surface area contributed by atoms with E-state index in [1.165, 1.54) is 0 Å². The summed E-state index contributed by atoms with van der Waals surface area (Å²) in [5.74, 6) is -0.275. The summed E-state index contributed by atoms with van der Waals surface area (Å²) in [6, 6.07) is 0. The van der Waals surface area contributed by atoms with Gasteiger partial charge in [0, 0.05) is 19.6 Å². The highest BCUT2D eigenvalue weighted by Crippen LogP contribution is 2.28. The van der Waals surface area contributed by atoms with Gasteiger partial charge in [-0.2, -0.15) is 0 Å². The Kier molecular flexibility index (Phi) is 5.81. The van der Waals surface area contributed by atoms with Gasteiger partial charge >= 0.3 is 0 Å². The van der Waals surface area contributed by atoms with Crippen molar-refractivity contribution in [3.63, 3.8) is 0 Å². The largest absolute Gasteiger partial charge is 0.368 e. The monoisotopic (exact) mass is 299 g/mol. The smallest absolute Gasteiger partial charge is 0.237 e. The summed E-state index contributed by atoms with van der Waals surface area (Å²) in [6.45, 7) is 15.8. The normalized spacial score (nSPS) is 24.5. The number of hydrogen-bond acceptors (Lipinski definition) is 4. The molecule has 0 bridgehead atoms. The molecule has 1 unspecified atom stereocenters. The van der Waals surface area contributed by atoms with E-state index in [1.807, 2.05) is 6.92 Å². The van der Waals surface area contributed by atoms with Crippen LogP contribution in [0.4, 0.5) is 0 Å². The number of carbonyl (C=O) groups excluding carboxylic acids is 1. The molecule has 5 heteroatoms. The van der Waals surface area contributed by atoms with Crippen LogP contribution in [0.3, 0.4) is 0 Å². The molecule has 21 heavy (non-hydrogen) atoms. The van der Waals surface area contributed by atoms with Crippen LogP contribution in [0.5, 0.6) is 0 Å². The number of amides is 1. The topological polar surface area (TPSA) is 67.6 Å². The van der Waals surface area contributed by atoms with Gasteiger partial charge < -0.3 is 15.8 Å². The molecular formula is C16H33N3O2. The van der Waals surface area contributed by atoms with Crippen LogP contribution in [0.2, 0.25) is 0 Å². The molecule has 0 spiro atoms. The SMILES string of the molecule is CCCNC(C)(CCN1CC(C)(C)OC(C)(C)C1)C(N)=O. The van der Waals surface area contributed by atoms with E-state index in [1.54, 1.807) is 0 Å². The van der Waals surface area contributed by atoms with Crippen LogP contribution in [0.1, 0.15) is 54.4 Å². The van der Waals surface area contributed by atoms with Gasteiger partial charge in [0.15, 0.2) is 0 Å². The number of rotatable bonds is 7. The standard InChI is InChI=1S/C16H33N3O2/c1-7-9-18-16(6,13(17)20)8-10-19-11-14(2,3)21-15(4,5)12-19/h18H,7-12H2,1-6H3,(H2,17,20). The molecule has 1 heterocycles. The van der Waals surface area contributed by atoms with Crippen molar-refractivity contribution < 1.29 is 9.53 Å². The highest BCUT2D eigenvalue weighted by molar-refractivity contribution is 5.84. The number of nitrogens with zero attached hydrogens (tertiary/aromatic N) is 1. The molecular weight excluding hydrogens is 266 g/mol. The first-order valence-electron chi connectivity index (χ1n) is 7.97. The van der Waals surface area contributed by atoms with Crippen molar-refractivity contribution in [2.45, 2.75) is 71.1 Å². The summed E-state index contributed by atoms with van der Waals surface area (Å²) in [4.78, 5) is 14.1. The lowest BCUT2D eigenvalue weighted by molar-refractivity contribution is -0.181. The second kappa shape index (κ2) is 6.63. The molecule has 1 rings (SSSR count). The molecule has 0 saturated carbocycles. The predicted molar refractivity (Wildman–Crippen MR) is 86.2 cm³/mol. The fourth-order valence-electron chi connectivity index (χ4n) is 3.18. The molecule has 0 aromatic heterocycles. The van der Waals surface area contributed by atoms with Crippen molar-refractivity contribution >= 4 is 5.91 Å². The maximum Gasteiger partial charge on any atom is 0.237 e. The lowest BCUT2D eigenvalue weighted by Gasteiger charge is -2.47. The molecule has 1 aliphatic rings. The third-order valence-corrected chi connectivity index (χ3v) is 4.00. The average molecular weight is 299 g/mol. The number of morpholine rings is 1. The number of primary amides is 1. The first-order valence-corrected chi connectivity index (χ1v) is 7.97. The zero-order chi connectivity index (χ0) is 16.3. The lowest BCUT2D eigenvalue weighted by Crippen LogP contribution is -2.59. The third-order valence-electron chi connectivity index (χ3n) is 4.00. The van der Waals surface area contributed by atoms with Crippen LogP contribution in [0.25, 0.3) is 0 Å². The van der Waals surface area contributed by atoms with Crippen LogP contribution in [0, 0.1) is 0 Å². The Labute approximate surface area is 129 Å². The molecule has 0 aliphatic carbocycles. The van der Waals surface area contributed by atoms with Gasteiger partial charge in [-0.15, -0.1) is 0 Å². The summed E-state index contributed by atoms with van der Waals surface area (Å²) in [6.07, 6.45) is 1.70. The second-order valence-electron chi connectivity index (χ2n) is 7.71. The van der Waals surface area contributed by atoms with E-state index in [0.29, 0.717) is 6.42 Å². The minimum absolute atomic E-state index is 0.165. The summed E-state index contributed by atoms with van der Waals surface area (Å²) < 4.78 is 6.09. The zero-order valence-corrected chi connectivity index (χ0v) is 14.6. The number of ether oxygens (including phenoxy) is 1. The lowest BCUT2D eigenvalue weighted by atomic mass is 9.94. The quantitative estimate of drug-likeness (QED) is 0.748. The van der Waals surface area contributed by atoms with Gasteiger partial charge in [0.2, 0.25) is 5.91 Å². The Morgan fingerprint density at radius 3 is 2.24 bits per heavy atom. The first kappa shape index (κ1) is 18.4. The molecule has 0 aromatic rings. The Morgan fingerprint density at radius 1 is 1.29 bits per heavy atom. The molecule has 1 aliphatic heterocycles. The Morgan fingerprint density at radius 2 is 1.81 bits per heavy atom. The van der Waals surface area contributed by atoms with Crippen LogP contribution in [0.15, 0.2) is 0 Å². The second-order valence-corrected chi connectivity index (χ2v) is 7.71. The average Bonchev–Trinajstić information content (AvgIpc) is 2.30. The number of carbonyl (C=O) groups is 1. The van der Waals surface area contributed by atoms with Crippen LogP contribution >= 0.6 is 0 Å². The van der Waals surface area contributed by atoms with Crippen LogP contribution < -0.4 is 11.1 Å². The van der Waals surface area contributed by atoms with E-state index < -0.39 is 5.54 Å². The van der Waals surface area contributed by atoms with E-state index >= 15 is 0 Å². The van der Waals surface area contributed by atoms with Crippen LogP contribution in [-0.2, 0) is 9.53 Å². The Balaban J connectivity index is 2.65. The summed E-state index contributed by atoms with van der Waals surface area (Å²) >= 11 is 0. The van der Waals surface area contributed by atoms with Crippen molar-refractivity contribution in [2.75, 3.05) is 26.2 Å². The predicted octanol–water partition coefficient (Wildman–Crippen LogP) is 1.51. The van der Waals surface area contributed by atoms with Gasteiger partial charge in [0.25, 0.3) is 0 Å². The van der Waals surface area contributed by atoms with Crippen molar-refractivity contribution in [3.8, 4) is 0 Å². The van der Waals surface area contributed by atoms with Crippen molar-refractivity contribution in [2.24, 2.45) is 5.73 Å². The maximum absolute atomic E-state index is 11.8. The van der Waals surface area contributed by atoms with Gasteiger partial charge in [0.05, 0.1) is 16.7 Å². The van der Waals surface area contributed by atoms with Gasteiger partial charge in [-0.3, -0.25) is 9.69 Å². The summed E-state index contributed by atoms with van der Waals surface area (Å²) in [7, 11) is 0. The summed E-state index contributed by atoms with van der Waals surface area (Å²) in [5.41, 5.74) is 4.62. The molecule has 1 fully saturated rings. The molecule has 3 N–H and O–H groups in total. The van der Waals surface area contributed by atoms with Gasteiger partial charge in [-0.1, -0.05) is 6.92 Å². The van der Waals surface area contributed by atoms with Gasteiger partial charge in [0.1, 0.15) is 0 Å². The van der Waals surface area contributed by atoms with Crippen molar-refractivity contribution in [1.29, 1.82) is 0 Å². The molecule has 1 atom stereocenters. The van der Waals surface area contributed by atoms with E-state index in [0.717, 1.165) is 32.6 Å².